The monoisotopic (exact) mass is 223 g/mol. The fourth-order valence-corrected chi connectivity index (χ4v) is 2.47. The quantitative estimate of drug-likeness (QED) is 0.835. The summed E-state index contributed by atoms with van der Waals surface area (Å²) in [6.07, 6.45) is 2.77. The number of benzene rings is 1. The molecule has 0 amide bonds. The lowest BCUT2D eigenvalue weighted by Gasteiger charge is -2.38. The fraction of sp³-hybridized carbons (Fsp3) is 0.538. The smallest absolute Gasteiger partial charge is 0.127 e. The number of ether oxygens (including phenoxy) is 1. The standard InChI is InChI=1S/C13H18FNO/c1-3-6-13(2)8-11(15)10-5-4-9(14)7-12(10)16-13/h4-5,7,11H,3,6,8,15H2,1-2H3/t11-,13?/m1/s1. The Morgan fingerprint density at radius 2 is 2.31 bits per heavy atom. The normalized spacial score (nSPS) is 28.4. The van der Waals surface area contributed by atoms with Gasteiger partial charge in [0.2, 0.25) is 0 Å². The molecule has 2 atom stereocenters. The summed E-state index contributed by atoms with van der Waals surface area (Å²) in [6, 6.07) is 4.54. The summed E-state index contributed by atoms with van der Waals surface area (Å²) in [4.78, 5) is 0. The molecule has 88 valence electrons. The first kappa shape index (κ1) is 11.4. The van der Waals surface area contributed by atoms with Crippen molar-refractivity contribution in [1.29, 1.82) is 0 Å². The first-order valence-corrected chi connectivity index (χ1v) is 5.78. The van der Waals surface area contributed by atoms with Gasteiger partial charge in [-0.15, -0.1) is 0 Å². The molecule has 0 aliphatic carbocycles. The molecule has 0 radical (unpaired) electrons. The molecule has 0 saturated heterocycles. The summed E-state index contributed by atoms with van der Waals surface area (Å²) in [5, 5.41) is 0. The summed E-state index contributed by atoms with van der Waals surface area (Å²) in [5.41, 5.74) is 6.76. The maximum absolute atomic E-state index is 13.1. The van der Waals surface area contributed by atoms with Crippen molar-refractivity contribution in [2.24, 2.45) is 5.73 Å². The summed E-state index contributed by atoms with van der Waals surface area (Å²) >= 11 is 0. The van der Waals surface area contributed by atoms with Crippen LogP contribution in [0.4, 0.5) is 4.39 Å². The van der Waals surface area contributed by atoms with Crippen molar-refractivity contribution in [2.45, 2.75) is 44.8 Å². The molecule has 2 nitrogen and oxygen atoms in total. The summed E-state index contributed by atoms with van der Waals surface area (Å²) in [7, 11) is 0. The van der Waals surface area contributed by atoms with Crippen LogP contribution in [0.3, 0.4) is 0 Å². The van der Waals surface area contributed by atoms with Gasteiger partial charge in [0.05, 0.1) is 0 Å². The van der Waals surface area contributed by atoms with E-state index >= 15 is 0 Å². The average molecular weight is 223 g/mol. The number of fused-ring (bicyclic) bond motifs is 1. The van der Waals surface area contributed by atoms with Crippen LogP contribution in [0.15, 0.2) is 18.2 Å². The van der Waals surface area contributed by atoms with E-state index < -0.39 is 0 Å². The molecule has 1 aromatic rings. The number of nitrogens with two attached hydrogens (primary N) is 1. The van der Waals surface area contributed by atoms with Gasteiger partial charge in [-0.3, -0.25) is 0 Å². The van der Waals surface area contributed by atoms with Crippen molar-refractivity contribution in [3.63, 3.8) is 0 Å². The fourth-order valence-electron chi connectivity index (χ4n) is 2.47. The molecule has 0 bridgehead atoms. The number of rotatable bonds is 2. The van der Waals surface area contributed by atoms with Gasteiger partial charge in [-0.1, -0.05) is 19.4 Å². The zero-order valence-corrected chi connectivity index (χ0v) is 9.79. The van der Waals surface area contributed by atoms with Crippen molar-refractivity contribution in [2.75, 3.05) is 0 Å². The van der Waals surface area contributed by atoms with Crippen LogP contribution >= 0.6 is 0 Å². The topological polar surface area (TPSA) is 35.2 Å². The third kappa shape index (κ3) is 2.05. The van der Waals surface area contributed by atoms with E-state index in [0.717, 1.165) is 24.8 Å². The Hall–Kier alpha value is -1.09. The molecular formula is C13H18FNO. The SMILES string of the molecule is CCCC1(C)C[C@@H](N)c2ccc(F)cc2O1. The molecule has 0 saturated carbocycles. The van der Waals surface area contributed by atoms with Crippen LogP contribution in [0.1, 0.15) is 44.7 Å². The Morgan fingerprint density at radius 3 is 3.00 bits per heavy atom. The van der Waals surface area contributed by atoms with E-state index in [9.17, 15) is 4.39 Å². The van der Waals surface area contributed by atoms with Gasteiger partial charge in [-0.05, 0) is 19.4 Å². The second-order valence-electron chi connectivity index (χ2n) is 4.79. The third-order valence-electron chi connectivity index (χ3n) is 3.16. The van der Waals surface area contributed by atoms with Crippen LogP contribution in [0.5, 0.6) is 5.75 Å². The zero-order chi connectivity index (χ0) is 11.8. The zero-order valence-electron chi connectivity index (χ0n) is 9.79. The molecular weight excluding hydrogens is 205 g/mol. The van der Waals surface area contributed by atoms with Crippen LogP contribution in [-0.2, 0) is 0 Å². The average Bonchev–Trinajstić information content (AvgIpc) is 2.15. The molecule has 0 fully saturated rings. The van der Waals surface area contributed by atoms with E-state index in [-0.39, 0.29) is 17.5 Å². The molecule has 2 rings (SSSR count). The number of halogens is 1. The van der Waals surface area contributed by atoms with Crippen LogP contribution in [0.2, 0.25) is 0 Å². The van der Waals surface area contributed by atoms with Crippen molar-refractivity contribution >= 4 is 0 Å². The molecule has 16 heavy (non-hydrogen) atoms. The number of hydrogen-bond acceptors (Lipinski definition) is 2. The highest BCUT2D eigenvalue weighted by molar-refractivity contribution is 5.39. The Kier molecular flexibility index (Phi) is 2.89. The van der Waals surface area contributed by atoms with Gasteiger partial charge >= 0.3 is 0 Å². The first-order chi connectivity index (χ1) is 7.54. The van der Waals surface area contributed by atoms with E-state index in [1.807, 2.05) is 6.92 Å². The third-order valence-corrected chi connectivity index (χ3v) is 3.16. The van der Waals surface area contributed by atoms with Crippen molar-refractivity contribution in [3.8, 4) is 5.75 Å². The molecule has 0 spiro atoms. The Morgan fingerprint density at radius 1 is 1.56 bits per heavy atom. The van der Waals surface area contributed by atoms with E-state index in [2.05, 4.69) is 6.92 Å². The van der Waals surface area contributed by atoms with Crippen LogP contribution < -0.4 is 10.5 Å². The molecule has 2 N–H and O–H groups in total. The van der Waals surface area contributed by atoms with Crippen molar-refractivity contribution in [3.05, 3.63) is 29.6 Å². The highest BCUT2D eigenvalue weighted by atomic mass is 19.1. The van der Waals surface area contributed by atoms with Gasteiger partial charge in [0, 0.05) is 24.1 Å². The van der Waals surface area contributed by atoms with E-state index in [0.29, 0.717) is 5.75 Å². The highest BCUT2D eigenvalue weighted by Crippen LogP contribution is 2.40. The maximum Gasteiger partial charge on any atom is 0.127 e. The molecule has 0 aromatic heterocycles. The maximum atomic E-state index is 13.1. The van der Waals surface area contributed by atoms with E-state index in [4.69, 9.17) is 10.5 Å². The molecule has 3 heteroatoms. The second-order valence-corrected chi connectivity index (χ2v) is 4.79. The van der Waals surface area contributed by atoms with Gasteiger partial charge in [-0.25, -0.2) is 4.39 Å². The van der Waals surface area contributed by atoms with Crippen LogP contribution in [0.25, 0.3) is 0 Å². The Labute approximate surface area is 95.6 Å². The minimum Gasteiger partial charge on any atom is -0.487 e. The lowest BCUT2D eigenvalue weighted by atomic mass is 9.86. The lowest BCUT2D eigenvalue weighted by molar-refractivity contribution is 0.0445. The largest absolute Gasteiger partial charge is 0.487 e. The Balaban J connectivity index is 2.34. The predicted molar refractivity (Wildman–Crippen MR) is 61.9 cm³/mol. The second kappa shape index (κ2) is 4.06. The number of hydrogen-bond donors (Lipinski definition) is 1. The van der Waals surface area contributed by atoms with Crippen molar-refractivity contribution in [1.82, 2.24) is 0 Å². The Bertz CT molecular complexity index is 394. The molecule has 1 heterocycles. The van der Waals surface area contributed by atoms with Gasteiger partial charge in [0.15, 0.2) is 0 Å². The van der Waals surface area contributed by atoms with E-state index in [1.54, 1.807) is 6.07 Å². The molecule has 1 aromatic carbocycles. The summed E-state index contributed by atoms with van der Waals surface area (Å²) in [5.74, 6) is 0.335. The van der Waals surface area contributed by atoms with Crippen LogP contribution in [0, 0.1) is 5.82 Å². The van der Waals surface area contributed by atoms with E-state index in [1.165, 1.54) is 12.1 Å². The minimum atomic E-state index is -0.272. The lowest BCUT2D eigenvalue weighted by Crippen LogP contribution is -2.40. The molecule has 1 aliphatic rings. The predicted octanol–water partition coefficient (Wildman–Crippen LogP) is 3.17. The summed E-state index contributed by atoms with van der Waals surface area (Å²) < 4.78 is 19.0. The van der Waals surface area contributed by atoms with Gasteiger partial charge < -0.3 is 10.5 Å². The summed E-state index contributed by atoms with van der Waals surface area (Å²) in [6.45, 7) is 4.16. The minimum absolute atomic E-state index is 0.0547. The van der Waals surface area contributed by atoms with Gasteiger partial charge in [-0.2, -0.15) is 0 Å². The molecule has 1 aliphatic heterocycles. The van der Waals surface area contributed by atoms with Gasteiger partial charge in [0.1, 0.15) is 17.2 Å². The van der Waals surface area contributed by atoms with Gasteiger partial charge in [0.25, 0.3) is 0 Å². The van der Waals surface area contributed by atoms with Crippen molar-refractivity contribution < 1.29 is 9.13 Å². The van der Waals surface area contributed by atoms with Crippen LogP contribution in [-0.4, -0.2) is 5.60 Å². The first-order valence-electron chi connectivity index (χ1n) is 5.78. The molecule has 1 unspecified atom stereocenters. The highest BCUT2D eigenvalue weighted by Gasteiger charge is 2.35.